The predicted molar refractivity (Wildman–Crippen MR) is 110 cm³/mol. The van der Waals surface area contributed by atoms with Crippen molar-refractivity contribution in [3.63, 3.8) is 0 Å². The average Bonchev–Trinajstić information content (AvgIpc) is 2.69. The molecule has 3 rings (SSSR count). The van der Waals surface area contributed by atoms with E-state index in [2.05, 4.69) is 22.1 Å². The van der Waals surface area contributed by atoms with Gasteiger partial charge in [0.1, 0.15) is 11.6 Å². The molecular formula is C22H27N3O2. The lowest BCUT2D eigenvalue weighted by atomic mass is 9.99. The van der Waals surface area contributed by atoms with Crippen molar-refractivity contribution in [1.82, 2.24) is 4.98 Å². The van der Waals surface area contributed by atoms with E-state index in [1.54, 1.807) is 12.3 Å². The third-order valence-corrected chi connectivity index (χ3v) is 4.74. The number of ether oxygens (including phenoxy) is 1. The lowest BCUT2D eigenvalue weighted by Crippen LogP contribution is -2.33. The highest BCUT2D eigenvalue weighted by Crippen LogP contribution is 2.22. The smallest absolute Gasteiger partial charge is 0.248 e. The van der Waals surface area contributed by atoms with E-state index in [1.165, 1.54) is 18.9 Å². The van der Waals surface area contributed by atoms with E-state index in [4.69, 9.17) is 4.74 Å². The summed E-state index contributed by atoms with van der Waals surface area (Å²) in [7, 11) is 0. The second kappa shape index (κ2) is 9.21. The molecule has 27 heavy (non-hydrogen) atoms. The molecule has 1 N–H and O–H groups in total. The van der Waals surface area contributed by atoms with Crippen LogP contribution in [-0.2, 0) is 4.79 Å². The summed E-state index contributed by atoms with van der Waals surface area (Å²) in [5, 5.41) is 2.85. The van der Waals surface area contributed by atoms with E-state index in [0.717, 1.165) is 36.1 Å². The van der Waals surface area contributed by atoms with Gasteiger partial charge in [-0.25, -0.2) is 4.98 Å². The van der Waals surface area contributed by atoms with Gasteiger partial charge in [0.15, 0.2) is 0 Å². The summed E-state index contributed by atoms with van der Waals surface area (Å²) in [4.78, 5) is 18.9. The van der Waals surface area contributed by atoms with Gasteiger partial charge in [-0.15, -0.1) is 0 Å². The van der Waals surface area contributed by atoms with E-state index in [0.29, 0.717) is 12.3 Å². The summed E-state index contributed by atoms with van der Waals surface area (Å²) in [6, 6.07) is 11.5. The van der Waals surface area contributed by atoms with Crippen molar-refractivity contribution in [2.24, 2.45) is 5.92 Å². The Balaban J connectivity index is 1.53. The van der Waals surface area contributed by atoms with E-state index >= 15 is 0 Å². The van der Waals surface area contributed by atoms with Crippen LogP contribution in [0.25, 0.3) is 6.08 Å². The van der Waals surface area contributed by atoms with E-state index in [-0.39, 0.29) is 5.91 Å². The highest BCUT2D eigenvalue weighted by atomic mass is 16.5. The Labute approximate surface area is 161 Å². The quantitative estimate of drug-likeness (QED) is 0.773. The van der Waals surface area contributed by atoms with Gasteiger partial charge in [0.2, 0.25) is 5.91 Å². The van der Waals surface area contributed by atoms with Gasteiger partial charge in [-0.05, 0) is 61.6 Å². The minimum Gasteiger partial charge on any atom is -0.494 e. The molecule has 2 heterocycles. The number of piperidine rings is 1. The Bertz CT molecular complexity index is 761. The number of rotatable bonds is 6. The van der Waals surface area contributed by atoms with E-state index in [9.17, 15) is 4.79 Å². The molecule has 0 unspecified atom stereocenters. The fourth-order valence-corrected chi connectivity index (χ4v) is 3.08. The van der Waals surface area contributed by atoms with Gasteiger partial charge in [-0.2, -0.15) is 0 Å². The van der Waals surface area contributed by atoms with Crippen LogP contribution in [0.15, 0.2) is 48.7 Å². The molecule has 1 saturated heterocycles. The first-order chi connectivity index (χ1) is 13.1. The molecule has 1 fully saturated rings. The summed E-state index contributed by atoms with van der Waals surface area (Å²) < 4.78 is 5.41. The number of aromatic nitrogens is 1. The maximum atomic E-state index is 12.1. The number of amides is 1. The fraction of sp³-hybridized carbons (Fsp3) is 0.364. The number of carbonyl (C=O) groups is 1. The van der Waals surface area contributed by atoms with Crippen LogP contribution in [0.2, 0.25) is 0 Å². The fourth-order valence-electron chi connectivity index (χ4n) is 3.08. The van der Waals surface area contributed by atoms with Crippen LogP contribution in [0.4, 0.5) is 11.5 Å². The van der Waals surface area contributed by atoms with Gasteiger partial charge in [-0.1, -0.05) is 19.1 Å². The average molecular weight is 365 g/mol. The highest BCUT2D eigenvalue weighted by molar-refractivity contribution is 6.01. The summed E-state index contributed by atoms with van der Waals surface area (Å²) in [5.74, 6) is 2.42. The number of anilines is 2. The molecule has 1 aliphatic heterocycles. The molecule has 0 bridgehead atoms. The Morgan fingerprint density at radius 2 is 1.96 bits per heavy atom. The standard InChI is InChI=1S/C22H27N3O2/c1-3-27-20-8-4-18(5-9-20)6-11-22(26)24-19-7-10-21(23-16-19)25-14-12-17(2)13-15-25/h4-11,16-17H,3,12-15H2,1-2H3,(H,24,26)/b11-6+. The first kappa shape index (κ1) is 19.0. The molecular weight excluding hydrogens is 338 g/mol. The molecule has 0 spiro atoms. The molecule has 1 aromatic carbocycles. The molecule has 1 aliphatic rings. The van der Waals surface area contributed by atoms with Gasteiger partial charge < -0.3 is 15.0 Å². The van der Waals surface area contributed by atoms with Gasteiger partial charge in [-0.3, -0.25) is 4.79 Å². The second-order valence-electron chi connectivity index (χ2n) is 6.90. The maximum absolute atomic E-state index is 12.1. The third-order valence-electron chi connectivity index (χ3n) is 4.74. The third kappa shape index (κ3) is 5.58. The minimum atomic E-state index is -0.176. The number of nitrogens with one attached hydrogen (secondary N) is 1. The number of hydrogen-bond acceptors (Lipinski definition) is 4. The molecule has 2 aromatic rings. The molecule has 5 nitrogen and oxygen atoms in total. The number of hydrogen-bond donors (Lipinski definition) is 1. The second-order valence-corrected chi connectivity index (χ2v) is 6.90. The molecule has 0 aliphatic carbocycles. The minimum absolute atomic E-state index is 0.176. The SMILES string of the molecule is CCOc1ccc(/C=C/C(=O)Nc2ccc(N3CCC(C)CC3)nc2)cc1. The monoisotopic (exact) mass is 365 g/mol. The normalized spacial score (nSPS) is 15.1. The molecule has 142 valence electrons. The zero-order chi connectivity index (χ0) is 19.1. The number of benzene rings is 1. The van der Waals surface area contributed by atoms with Gasteiger partial charge >= 0.3 is 0 Å². The molecule has 0 radical (unpaired) electrons. The van der Waals surface area contributed by atoms with Crippen molar-refractivity contribution in [1.29, 1.82) is 0 Å². The first-order valence-corrected chi connectivity index (χ1v) is 9.57. The zero-order valence-corrected chi connectivity index (χ0v) is 16.0. The van der Waals surface area contributed by atoms with Crippen molar-refractivity contribution in [3.05, 3.63) is 54.2 Å². The lowest BCUT2D eigenvalue weighted by Gasteiger charge is -2.31. The number of pyridine rings is 1. The molecule has 0 saturated carbocycles. The van der Waals surface area contributed by atoms with Gasteiger partial charge in [0.25, 0.3) is 0 Å². The van der Waals surface area contributed by atoms with Crippen LogP contribution in [0, 0.1) is 5.92 Å². The summed E-state index contributed by atoms with van der Waals surface area (Å²) in [6.45, 7) is 6.98. The van der Waals surface area contributed by atoms with E-state index in [1.807, 2.05) is 43.3 Å². The van der Waals surface area contributed by atoms with Crippen molar-refractivity contribution in [3.8, 4) is 5.75 Å². The molecule has 5 heteroatoms. The van der Waals surface area contributed by atoms with Crippen molar-refractivity contribution in [2.75, 3.05) is 29.9 Å². The molecule has 1 aromatic heterocycles. The van der Waals surface area contributed by atoms with Crippen LogP contribution < -0.4 is 15.0 Å². The van der Waals surface area contributed by atoms with Crippen molar-refractivity contribution >= 4 is 23.5 Å². The van der Waals surface area contributed by atoms with Crippen molar-refractivity contribution in [2.45, 2.75) is 26.7 Å². The summed E-state index contributed by atoms with van der Waals surface area (Å²) in [6.07, 6.45) is 7.43. The van der Waals surface area contributed by atoms with Crippen molar-refractivity contribution < 1.29 is 9.53 Å². The summed E-state index contributed by atoms with van der Waals surface area (Å²) >= 11 is 0. The van der Waals surface area contributed by atoms with Crippen LogP contribution in [0.1, 0.15) is 32.3 Å². The van der Waals surface area contributed by atoms with Crippen LogP contribution in [-0.4, -0.2) is 30.6 Å². The van der Waals surface area contributed by atoms with Crippen LogP contribution in [0.5, 0.6) is 5.75 Å². The molecule has 0 atom stereocenters. The number of nitrogens with zero attached hydrogens (tertiary/aromatic N) is 2. The van der Waals surface area contributed by atoms with Crippen LogP contribution >= 0.6 is 0 Å². The van der Waals surface area contributed by atoms with Gasteiger partial charge in [0, 0.05) is 19.2 Å². The predicted octanol–water partition coefficient (Wildman–Crippen LogP) is 4.37. The largest absolute Gasteiger partial charge is 0.494 e. The zero-order valence-electron chi connectivity index (χ0n) is 16.0. The first-order valence-electron chi connectivity index (χ1n) is 9.57. The lowest BCUT2D eigenvalue weighted by molar-refractivity contribution is -0.111. The Morgan fingerprint density at radius 1 is 1.22 bits per heavy atom. The molecule has 1 amide bonds. The Hall–Kier alpha value is -2.82. The van der Waals surface area contributed by atoms with Crippen LogP contribution in [0.3, 0.4) is 0 Å². The summed E-state index contributed by atoms with van der Waals surface area (Å²) in [5.41, 5.74) is 1.65. The van der Waals surface area contributed by atoms with E-state index < -0.39 is 0 Å². The Morgan fingerprint density at radius 3 is 2.59 bits per heavy atom. The topological polar surface area (TPSA) is 54.5 Å². The Kier molecular flexibility index (Phi) is 6.47. The van der Waals surface area contributed by atoms with Gasteiger partial charge in [0.05, 0.1) is 18.5 Å². The number of carbonyl (C=O) groups excluding carboxylic acids is 1. The highest BCUT2D eigenvalue weighted by Gasteiger charge is 2.16. The maximum Gasteiger partial charge on any atom is 0.248 e.